The minimum atomic E-state index is -0.376. The highest BCUT2D eigenvalue weighted by Gasteiger charge is 2.26. The molecule has 1 N–H and O–H groups in total. The Labute approximate surface area is 123 Å². The predicted molar refractivity (Wildman–Crippen MR) is 85.0 cm³/mol. The van der Waals surface area contributed by atoms with Crippen molar-refractivity contribution >= 4 is 0 Å². The molecular formula is C18H29NO. The zero-order valence-corrected chi connectivity index (χ0v) is 13.3. The lowest BCUT2D eigenvalue weighted by Gasteiger charge is -2.40. The van der Waals surface area contributed by atoms with Crippen molar-refractivity contribution in [3.63, 3.8) is 0 Å². The quantitative estimate of drug-likeness (QED) is 0.894. The second-order valence-electron chi connectivity index (χ2n) is 6.66. The van der Waals surface area contributed by atoms with Crippen molar-refractivity contribution in [3.05, 3.63) is 35.4 Å². The van der Waals surface area contributed by atoms with E-state index in [-0.39, 0.29) is 6.10 Å². The lowest BCUT2D eigenvalue weighted by molar-refractivity contribution is 0.0412. The summed E-state index contributed by atoms with van der Waals surface area (Å²) < 4.78 is 0. The van der Waals surface area contributed by atoms with Crippen LogP contribution in [0.2, 0.25) is 0 Å². The van der Waals surface area contributed by atoms with Crippen molar-refractivity contribution in [3.8, 4) is 0 Å². The van der Waals surface area contributed by atoms with E-state index < -0.39 is 0 Å². The van der Waals surface area contributed by atoms with Crippen molar-refractivity contribution in [2.24, 2.45) is 0 Å². The van der Waals surface area contributed by atoms with Gasteiger partial charge in [-0.1, -0.05) is 44.5 Å². The fourth-order valence-electron chi connectivity index (χ4n) is 3.24. The monoisotopic (exact) mass is 275 g/mol. The Hall–Kier alpha value is -0.860. The highest BCUT2D eigenvalue weighted by Crippen LogP contribution is 2.26. The molecule has 2 nitrogen and oxygen atoms in total. The Kier molecular flexibility index (Phi) is 5.22. The first-order chi connectivity index (χ1) is 9.49. The maximum atomic E-state index is 10.5. The molecule has 112 valence electrons. The van der Waals surface area contributed by atoms with E-state index >= 15 is 0 Å². The van der Waals surface area contributed by atoms with Gasteiger partial charge in [0.25, 0.3) is 0 Å². The zero-order chi connectivity index (χ0) is 14.7. The molecule has 0 spiro atoms. The summed E-state index contributed by atoms with van der Waals surface area (Å²) in [5.74, 6) is 0.545. The minimum absolute atomic E-state index is 0.376. The standard InChI is InChI=1S/C18H29NO/c1-13(2)16-8-10-17(11-9-16)18(20)12-19-14(3)6-5-7-15(19)4/h8-11,13-15,18,20H,5-7,12H2,1-4H3/t14-,15+,18?. The van der Waals surface area contributed by atoms with Gasteiger partial charge in [0, 0.05) is 18.6 Å². The lowest BCUT2D eigenvalue weighted by Crippen LogP contribution is -2.45. The van der Waals surface area contributed by atoms with Gasteiger partial charge in [-0.2, -0.15) is 0 Å². The maximum Gasteiger partial charge on any atom is 0.0917 e. The molecule has 1 heterocycles. The first-order valence-corrected chi connectivity index (χ1v) is 8.02. The van der Waals surface area contributed by atoms with E-state index in [4.69, 9.17) is 0 Å². The first kappa shape index (κ1) is 15.5. The van der Waals surface area contributed by atoms with E-state index in [0.29, 0.717) is 18.0 Å². The summed E-state index contributed by atoms with van der Waals surface area (Å²) in [6.07, 6.45) is 3.45. The summed E-state index contributed by atoms with van der Waals surface area (Å²) in [5.41, 5.74) is 2.38. The van der Waals surface area contributed by atoms with Crippen molar-refractivity contribution in [2.45, 2.75) is 71.1 Å². The number of hydrogen-bond acceptors (Lipinski definition) is 2. The van der Waals surface area contributed by atoms with E-state index in [0.717, 1.165) is 12.1 Å². The van der Waals surface area contributed by atoms with Crippen molar-refractivity contribution < 1.29 is 5.11 Å². The molecule has 1 unspecified atom stereocenters. The predicted octanol–water partition coefficient (Wildman–Crippen LogP) is 4.11. The summed E-state index contributed by atoms with van der Waals surface area (Å²) in [4.78, 5) is 2.46. The number of hydrogen-bond donors (Lipinski definition) is 1. The molecule has 20 heavy (non-hydrogen) atoms. The van der Waals surface area contributed by atoms with Crippen LogP contribution in [0.1, 0.15) is 70.1 Å². The van der Waals surface area contributed by atoms with Crippen LogP contribution in [0, 0.1) is 0 Å². The van der Waals surface area contributed by atoms with Crippen LogP contribution in [0.15, 0.2) is 24.3 Å². The molecule has 0 radical (unpaired) electrons. The van der Waals surface area contributed by atoms with Gasteiger partial charge < -0.3 is 5.11 Å². The molecular weight excluding hydrogens is 246 g/mol. The molecule has 1 aliphatic rings. The van der Waals surface area contributed by atoms with Gasteiger partial charge in [0.2, 0.25) is 0 Å². The van der Waals surface area contributed by atoms with E-state index in [2.05, 4.69) is 56.9 Å². The molecule has 1 aromatic carbocycles. The third-order valence-corrected chi connectivity index (χ3v) is 4.75. The Morgan fingerprint density at radius 1 is 1.05 bits per heavy atom. The summed E-state index contributed by atoms with van der Waals surface area (Å²) >= 11 is 0. The molecule has 0 bridgehead atoms. The second kappa shape index (κ2) is 6.73. The van der Waals surface area contributed by atoms with Gasteiger partial charge >= 0.3 is 0 Å². The van der Waals surface area contributed by atoms with Crippen LogP contribution >= 0.6 is 0 Å². The summed E-state index contributed by atoms with van der Waals surface area (Å²) in [7, 11) is 0. The van der Waals surface area contributed by atoms with Crippen LogP contribution < -0.4 is 0 Å². The van der Waals surface area contributed by atoms with Crippen LogP contribution in [-0.2, 0) is 0 Å². The van der Waals surface area contributed by atoms with Crippen molar-refractivity contribution in [1.82, 2.24) is 4.90 Å². The maximum absolute atomic E-state index is 10.5. The van der Waals surface area contributed by atoms with Gasteiger partial charge in [0.15, 0.2) is 0 Å². The van der Waals surface area contributed by atoms with E-state index in [9.17, 15) is 5.11 Å². The molecule has 2 heteroatoms. The molecule has 1 aliphatic heterocycles. The van der Waals surface area contributed by atoms with Gasteiger partial charge in [-0.05, 0) is 43.7 Å². The summed E-state index contributed by atoms with van der Waals surface area (Å²) in [6, 6.07) is 9.63. The van der Waals surface area contributed by atoms with Crippen LogP contribution in [0.3, 0.4) is 0 Å². The highest BCUT2D eigenvalue weighted by molar-refractivity contribution is 5.26. The molecule has 0 saturated carbocycles. The number of piperidine rings is 1. The van der Waals surface area contributed by atoms with Gasteiger partial charge in [0.05, 0.1) is 6.10 Å². The van der Waals surface area contributed by atoms with Crippen LogP contribution in [0.5, 0.6) is 0 Å². The SMILES string of the molecule is CC(C)c1ccc(C(O)CN2[C@H](C)CCC[C@@H]2C)cc1. The fraction of sp³-hybridized carbons (Fsp3) is 0.667. The van der Waals surface area contributed by atoms with Crippen molar-refractivity contribution in [1.29, 1.82) is 0 Å². The average molecular weight is 275 g/mol. The largest absolute Gasteiger partial charge is 0.387 e. The summed E-state index contributed by atoms with van der Waals surface area (Å²) in [6.45, 7) is 9.71. The Morgan fingerprint density at radius 3 is 2.05 bits per heavy atom. The smallest absolute Gasteiger partial charge is 0.0917 e. The van der Waals surface area contributed by atoms with Gasteiger partial charge in [-0.15, -0.1) is 0 Å². The van der Waals surface area contributed by atoms with Crippen LogP contribution in [-0.4, -0.2) is 28.6 Å². The number of benzene rings is 1. The number of aliphatic hydroxyl groups is 1. The van der Waals surface area contributed by atoms with E-state index in [1.54, 1.807) is 0 Å². The third kappa shape index (κ3) is 3.62. The lowest BCUT2D eigenvalue weighted by atomic mass is 9.95. The summed E-state index contributed by atoms with van der Waals surface area (Å²) in [5, 5.41) is 10.5. The molecule has 1 aromatic rings. The number of nitrogens with zero attached hydrogens (tertiary/aromatic N) is 1. The number of β-amino-alcohol motifs (C(OH)–C–C–N with tert-alkyl or cyclic N) is 1. The molecule has 1 saturated heterocycles. The second-order valence-corrected chi connectivity index (χ2v) is 6.66. The molecule has 3 atom stereocenters. The number of likely N-dealkylation sites (tertiary alicyclic amines) is 1. The average Bonchev–Trinajstić information content (AvgIpc) is 2.43. The molecule has 1 fully saturated rings. The zero-order valence-electron chi connectivity index (χ0n) is 13.3. The fourth-order valence-corrected chi connectivity index (χ4v) is 3.24. The van der Waals surface area contributed by atoms with Gasteiger partial charge in [-0.25, -0.2) is 0 Å². The highest BCUT2D eigenvalue weighted by atomic mass is 16.3. The third-order valence-electron chi connectivity index (χ3n) is 4.75. The van der Waals surface area contributed by atoms with Crippen LogP contribution in [0.25, 0.3) is 0 Å². The van der Waals surface area contributed by atoms with Crippen LogP contribution in [0.4, 0.5) is 0 Å². The Bertz CT molecular complexity index is 402. The minimum Gasteiger partial charge on any atom is -0.387 e. The molecule has 0 amide bonds. The van der Waals surface area contributed by atoms with Gasteiger partial charge in [-0.3, -0.25) is 4.90 Å². The van der Waals surface area contributed by atoms with Gasteiger partial charge in [0.1, 0.15) is 0 Å². The number of rotatable bonds is 4. The van der Waals surface area contributed by atoms with Crippen molar-refractivity contribution in [2.75, 3.05) is 6.54 Å². The van der Waals surface area contributed by atoms with E-state index in [1.807, 2.05) is 0 Å². The normalized spacial score (nSPS) is 25.9. The molecule has 2 rings (SSSR count). The molecule has 0 aromatic heterocycles. The Balaban J connectivity index is 2.01. The topological polar surface area (TPSA) is 23.5 Å². The molecule has 0 aliphatic carbocycles. The van der Waals surface area contributed by atoms with E-state index in [1.165, 1.54) is 24.8 Å². The number of aliphatic hydroxyl groups excluding tert-OH is 1. The Morgan fingerprint density at radius 2 is 1.55 bits per heavy atom. The first-order valence-electron chi connectivity index (χ1n) is 8.02.